The summed E-state index contributed by atoms with van der Waals surface area (Å²) < 4.78 is 0. The van der Waals surface area contributed by atoms with E-state index in [9.17, 15) is 4.79 Å². The maximum Gasteiger partial charge on any atom is 0.255 e. The van der Waals surface area contributed by atoms with Crippen molar-refractivity contribution in [1.82, 2.24) is 10.3 Å². The van der Waals surface area contributed by atoms with Crippen LogP contribution in [0.5, 0.6) is 0 Å². The van der Waals surface area contributed by atoms with E-state index in [4.69, 9.17) is 0 Å². The fourth-order valence-electron chi connectivity index (χ4n) is 2.59. The summed E-state index contributed by atoms with van der Waals surface area (Å²) in [6, 6.07) is 3.94. The van der Waals surface area contributed by atoms with Crippen molar-refractivity contribution in [3.05, 3.63) is 23.9 Å². The van der Waals surface area contributed by atoms with E-state index in [1.54, 1.807) is 6.20 Å². The number of thioether (sulfide) groups is 1. The summed E-state index contributed by atoms with van der Waals surface area (Å²) in [4.78, 5) is 16.7. The number of rotatable bonds is 6. The average molecular weight is 293 g/mol. The standard InChI is InChI=1S/C15H23N3OS/c1-3-9-16-14-11(6-5-10-17-14)15(19)18-12-7-4-8-13(12)20-2/h5-6,10,12-13H,3-4,7-9H2,1-2H3,(H,16,17)(H,18,19). The monoisotopic (exact) mass is 293 g/mol. The highest BCUT2D eigenvalue weighted by Gasteiger charge is 2.28. The topological polar surface area (TPSA) is 54.0 Å². The molecule has 1 aromatic rings. The first kappa shape index (κ1) is 15.2. The van der Waals surface area contributed by atoms with Gasteiger partial charge in [0.2, 0.25) is 0 Å². The van der Waals surface area contributed by atoms with Gasteiger partial charge < -0.3 is 10.6 Å². The summed E-state index contributed by atoms with van der Waals surface area (Å²) in [7, 11) is 0. The number of anilines is 1. The first-order chi connectivity index (χ1) is 9.76. The maximum absolute atomic E-state index is 12.4. The molecular weight excluding hydrogens is 270 g/mol. The first-order valence-corrected chi connectivity index (χ1v) is 8.57. The molecule has 1 aliphatic rings. The molecule has 0 bridgehead atoms. The van der Waals surface area contributed by atoms with Crippen LogP contribution in [0, 0.1) is 0 Å². The third-order valence-electron chi connectivity index (χ3n) is 3.67. The highest BCUT2D eigenvalue weighted by Crippen LogP contribution is 2.28. The van der Waals surface area contributed by atoms with Gasteiger partial charge in [0.25, 0.3) is 5.91 Å². The maximum atomic E-state index is 12.4. The highest BCUT2D eigenvalue weighted by atomic mass is 32.2. The molecule has 4 nitrogen and oxygen atoms in total. The highest BCUT2D eigenvalue weighted by molar-refractivity contribution is 7.99. The number of amides is 1. The molecule has 0 saturated heterocycles. The number of carbonyl (C=O) groups is 1. The van der Waals surface area contributed by atoms with E-state index in [-0.39, 0.29) is 11.9 Å². The van der Waals surface area contributed by atoms with Gasteiger partial charge in [-0.1, -0.05) is 13.3 Å². The molecule has 1 aliphatic carbocycles. The van der Waals surface area contributed by atoms with Crippen molar-refractivity contribution in [3.63, 3.8) is 0 Å². The van der Waals surface area contributed by atoms with Crippen molar-refractivity contribution in [2.24, 2.45) is 0 Å². The summed E-state index contributed by atoms with van der Waals surface area (Å²) in [6.07, 6.45) is 8.32. The summed E-state index contributed by atoms with van der Waals surface area (Å²) in [5.74, 6) is 0.674. The number of hydrogen-bond donors (Lipinski definition) is 2. The van der Waals surface area contributed by atoms with Crippen molar-refractivity contribution >= 4 is 23.5 Å². The smallest absolute Gasteiger partial charge is 0.255 e. The minimum absolute atomic E-state index is 0.0114. The molecule has 1 saturated carbocycles. The summed E-state index contributed by atoms with van der Waals surface area (Å²) in [5, 5.41) is 6.93. The van der Waals surface area contributed by atoms with E-state index in [0.717, 1.165) is 19.4 Å². The molecule has 2 rings (SSSR count). The Morgan fingerprint density at radius 1 is 1.50 bits per heavy atom. The predicted molar refractivity (Wildman–Crippen MR) is 85.4 cm³/mol. The fourth-order valence-corrected chi connectivity index (χ4v) is 3.53. The largest absolute Gasteiger partial charge is 0.369 e. The average Bonchev–Trinajstić information content (AvgIpc) is 2.92. The third kappa shape index (κ3) is 3.66. The van der Waals surface area contributed by atoms with Crippen LogP contribution < -0.4 is 10.6 Å². The quantitative estimate of drug-likeness (QED) is 0.847. The van der Waals surface area contributed by atoms with Gasteiger partial charge in [-0.3, -0.25) is 4.79 Å². The van der Waals surface area contributed by atoms with Gasteiger partial charge in [-0.25, -0.2) is 4.98 Å². The van der Waals surface area contributed by atoms with Crippen LogP contribution in [0.25, 0.3) is 0 Å². The van der Waals surface area contributed by atoms with Crippen molar-refractivity contribution in [3.8, 4) is 0 Å². The number of pyridine rings is 1. The SMILES string of the molecule is CCCNc1ncccc1C(=O)NC1CCCC1SC. The Kier molecular flexibility index (Phi) is 5.71. The Hall–Kier alpha value is -1.23. The van der Waals surface area contributed by atoms with Crippen LogP contribution in [0.2, 0.25) is 0 Å². The number of carbonyl (C=O) groups excluding carboxylic acids is 1. The minimum atomic E-state index is -0.0114. The van der Waals surface area contributed by atoms with Crippen LogP contribution in [0.1, 0.15) is 43.0 Å². The van der Waals surface area contributed by atoms with Crippen molar-refractivity contribution in [2.75, 3.05) is 18.1 Å². The lowest BCUT2D eigenvalue weighted by molar-refractivity contribution is 0.0939. The van der Waals surface area contributed by atoms with Crippen LogP contribution in [0.15, 0.2) is 18.3 Å². The van der Waals surface area contributed by atoms with E-state index in [1.165, 1.54) is 12.8 Å². The lowest BCUT2D eigenvalue weighted by Crippen LogP contribution is -2.39. The van der Waals surface area contributed by atoms with E-state index < -0.39 is 0 Å². The molecule has 2 atom stereocenters. The van der Waals surface area contributed by atoms with Crippen LogP contribution in [0.3, 0.4) is 0 Å². The lowest BCUT2D eigenvalue weighted by Gasteiger charge is -2.20. The van der Waals surface area contributed by atoms with Crippen LogP contribution in [-0.2, 0) is 0 Å². The second-order valence-corrected chi connectivity index (χ2v) is 6.19. The molecule has 0 aliphatic heterocycles. The van der Waals surface area contributed by atoms with E-state index >= 15 is 0 Å². The molecule has 20 heavy (non-hydrogen) atoms. The normalized spacial score (nSPS) is 21.7. The molecule has 2 unspecified atom stereocenters. The number of hydrogen-bond acceptors (Lipinski definition) is 4. The van der Waals surface area contributed by atoms with Crippen molar-refractivity contribution in [2.45, 2.75) is 43.9 Å². The van der Waals surface area contributed by atoms with E-state index in [1.807, 2.05) is 23.9 Å². The number of nitrogens with one attached hydrogen (secondary N) is 2. The summed E-state index contributed by atoms with van der Waals surface area (Å²) in [5.41, 5.74) is 0.646. The zero-order chi connectivity index (χ0) is 14.4. The molecule has 110 valence electrons. The molecule has 0 aromatic carbocycles. The minimum Gasteiger partial charge on any atom is -0.369 e. The molecule has 0 radical (unpaired) electrons. The second-order valence-electron chi connectivity index (χ2n) is 5.11. The molecule has 1 fully saturated rings. The zero-order valence-electron chi connectivity index (χ0n) is 12.2. The molecule has 5 heteroatoms. The predicted octanol–water partition coefficient (Wildman–Crippen LogP) is 2.92. The second kappa shape index (κ2) is 7.53. The van der Waals surface area contributed by atoms with Gasteiger partial charge in [0.05, 0.1) is 5.56 Å². The van der Waals surface area contributed by atoms with Gasteiger partial charge in [0, 0.05) is 24.0 Å². The van der Waals surface area contributed by atoms with Crippen LogP contribution in [-0.4, -0.2) is 35.0 Å². The van der Waals surface area contributed by atoms with Crippen LogP contribution in [0.4, 0.5) is 5.82 Å². The Bertz CT molecular complexity index is 452. The summed E-state index contributed by atoms with van der Waals surface area (Å²) >= 11 is 1.85. The molecular formula is C15H23N3OS. The molecule has 0 spiro atoms. The molecule has 1 amide bonds. The van der Waals surface area contributed by atoms with Crippen molar-refractivity contribution in [1.29, 1.82) is 0 Å². The van der Waals surface area contributed by atoms with Gasteiger partial charge in [-0.15, -0.1) is 0 Å². The van der Waals surface area contributed by atoms with Gasteiger partial charge >= 0.3 is 0 Å². The Labute approximate surface area is 125 Å². The van der Waals surface area contributed by atoms with Crippen LogP contribution >= 0.6 is 11.8 Å². The Morgan fingerprint density at radius 3 is 3.10 bits per heavy atom. The fraction of sp³-hybridized carbons (Fsp3) is 0.600. The van der Waals surface area contributed by atoms with Crippen molar-refractivity contribution < 1.29 is 4.79 Å². The lowest BCUT2D eigenvalue weighted by atomic mass is 10.2. The van der Waals surface area contributed by atoms with Gasteiger partial charge in [-0.05, 0) is 37.7 Å². The number of aromatic nitrogens is 1. The van der Waals surface area contributed by atoms with Gasteiger partial charge in [-0.2, -0.15) is 11.8 Å². The van der Waals surface area contributed by atoms with Gasteiger partial charge in [0.1, 0.15) is 5.82 Å². The zero-order valence-corrected chi connectivity index (χ0v) is 13.0. The Morgan fingerprint density at radius 2 is 2.35 bits per heavy atom. The molecule has 1 aromatic heterocycles. The number of nitrogens with zero attached hydrogens (tertiary/aromatic N) is 1. The molecule has 2 N–H and O–H groups in total. The first-order valence-electron chi connectivity index (χ1n) is 7.28. The Balaban J connectivity index is 2.05. The molecule has 1 heterocycles. The van der Waals surface area contributed by atoms with E-state index in [2.05, 4.69) is 28.8 Å². The van der Waals surface area contributed by atoms with Gasteiger partial charge in [0.15, 0.2) is 0 Å². The summed E-state index contributed by atoms with van der Waals surface area (Å²) in [6.45, 7) is 2.92. The van der Waals surface area contributed by atoms with E-state index in [0.29, 0.717) is 16.6 Å². The third-order valence-corrected chi connectivity index (χ3v) is 4.84.